The zero-order chi connectivity index (χ0) is 19.4. The monoisotopic (exact) mass is 407 g/mol. The Kier molecular flexibility index (Phi) is 6.29. The molecule has 0 aliphatic carbocycles. The summed E-state index contributed by atoms with van der Waals surface area (Å²) in [6.07, 6.45) is 2.24. The first-order chi connectivity index (χ1) is 12.9. The molecule has 1 aliphatic heterocycles. The SMILES string of the molecule is CCc1ccc(-c2nc(C(=O)NC3CCN(S(=O)(=O)CC)CC3)cs2)cc1. The summed E-state index contributed by atoms with van der Waals surface area (Å²) >= 11 is 1.45. The fraction of sp³-hybridized carbons (Fsp3) is 0.474. The van der Waals surface area contributed by atoms with Crippen molar-refractivity contribution in [3.63, 3.8) is 0 Å². The number of amides is 1. The number of nitrogens with one attached hydrogen (secondary N) is 1. The van der Waals surface area contributed by atoms with E-state index in [1.54, 1.807) is 12.3 Å². The molecule has 0 spiro atoms. The Morgan fingerprint density at radius 1 is 1.22 bits per heavy atom. The van der Waals surface area contributed by atoms with Gasteiger partial charge in [-0.2, -0.15) is 0 Å². The number of aryl methyl sites for hydroxylation is 1. The zero-order valence-electron chi connectivity index (χ0n) is 15.6. The molecule has 1 aromatic heterocycles. The zero-order valence-corrected chi connectivity index (χ0v) is 17.3. The second-order valence-corrected chi connectivity index (χ2v) is 9.75. The number of thiazole rings is 1. The van der Waals surface area contributed by atoms with E-state index in [-0.39, 0.29) is 17.7 Å². The van der Waals surface area contributed by atoms with Gasteiger partial charge in [-0.05, 0) is 31.7 Å². The van der Waals surface area contributed by atoms with Crippen LogP contribution >= 0.6 is 11.3 Å². The molecule has 0 unspecified atom stereocenters. The molecule has 1 fully saturated rings. The predicted molar refractivity (Wildman–Crippen MR) is 108 cm³/mol. The van der Waals surface area contributed by atoms with Gasteiger partial charge < -0.3 is 5.32 Å². The van der Waals surface area contributed by atoms with Crippen LogP contribution in [0.15, 0.2) is 29.6 Å². The first-order valence-electron chi connectivity index (χ1n) is 9.26. The van der Waals surface area contributed by atoms with Crippen LogP contribution in [0, 0.1) is 0 Å². The molecule has 1 aromatic carbocycles. The van der Waals surface area contributed by atoms with Gasteiger partial charge in [0.15, 0.2) is 0 Å². The van der Waals surface area contributed by atoms with E-state index in [0.717, 1.165) is 17.0 Å². The Balaban J connectivity index is 1.58. The molecule has 1 amide bonds. The number of benzene rings is 1. The highest BCUT2D eigenvalue weighted by atomic mass is 32.2. The van der Waals surface area contributed by atoms with E-state index in [0.29, 0.717) is 31.6 Å². The maximum absolute atomic E-state index is 12.5. The van der Waals surface area contributed by atoms with E-state index in [4.69, 9.17) is 0 Å². The number of aromatic nitrogens is 1. The summed E-state index contributed by atoms with van der Waals surface area (Å²) in [6, 6.07) is 8.20. The van der Waals surface area contributed by atoms with Gasteiger partial charge in [-0.15, -0.1) is 11.3 Å². The lowest BCUT2D eigenvalue weighted by Gasteiger charge is -2.31. The van der Waals surface area contributed by atoms with E-state index >= 15 is 0 Å². The highest BCUT2D eigenvalue weighted by molar-refractivity contribution is 7.89. The van der Waals surface area contributed by atoms with Crippen molar-refractivity contribution >= 4 is 27.3 Å². The van der Waals surface area contributed by atoms with Crippen molar-refractivity contribution in [2.75, 3.05) is 18.8 Å². The van der Waals surface area contributed by atoms with Crippen molar-refractivity contribution in [1.29, 1.82) is 0 Å². The first kappa shape index (κ1) is 20.0. The quantitative estimate of drug-likeness (QED) is 0.798. The summed E-state index contributed by atoms with van der Waals surface area (Å²) in [7, 11) is -3.15. The van der Waals surface area contributed by atoms with Crippen molar-refractivity contribution in [3.05, 3.63) is 40.9 Å². The van der Waals surface area contributed by atoms with Gasteiger partial charge >= 0.3 is 0 Å². The standard InChI is InChI=1S/C19H25N3O3S2/c1-3-14-5-7-15(8-6-14)19-21-17(13-26-19)18(23)20-16-9-11-22(12-10-16)27(24,25)4-2/h5-8,13,16H,3-4,9-12H2,1-2H3,(H,20,23). The van der Waals surface area contributed by atoms with Gasteiger partial charge in [0.05, 0.1) is 5.75 Å². The normalized spacial score (nSPS) is 16.4. The first-order valence-corrected chi connectivity index (χ1v) is 11.8. The lowest BCUT2D eigenvalue weighted by Crippen LogP contribution is -2.46. The molecular formula is C19H25N3O3S2. The summed E-state index contributed by atoms with van der Waals surface area (Å²) < 4.78 is 25.3. The number of hydrogen-bond acceptors (Lipinski definition) is 5. The summed E-state index contributed by atoms with van der Waals surface area (Å²) in [5.41, 5.74) is 2.69. The summed E-state index contributed by atoms with van der Waals surface area (Å²) in [6.45, 7) is 4.67. The van der Waals surface area contributed by atoms with E-state index in [2.05, 4.69) is 29.4 Å². The molecule has 0 atom stereocenters. The van der Waals surface area contributed by atoms with E-state index in [1.807, 2.05) is 12.1 Å². The lowest BCUT2D eigenvalue weighted by atomic mass is 10.1. The third kappa shape index (κ3) is 4.75. The van der Waals surface area contributed by atoms with Crippen molar-refractivity contribution in [2.24, 2.45) is 0 Å². The van der Waals surface area contributed by atoms with Crippen molar-refractivity contribution in [1.82, 2.24) is 14.6 Å². The molecule has 1 N–H and O–H groups in total. The highest BCUT2D eigenvalue weighted by Gasteiger charge is 2.27. The van der Waals surface area contributed by atoms with Crippen molar-refractivity contribution < 1.29 is 13.2 Å². The van der Waals surface area contributed by atoms with Crippen LogP contribution in [0.25, 0.3) is 10.6 Å². The van der Waals surface area contributed by atoms with Crippen LogP contribution in [0.3, 0.4) is 0 Å². The number of nitrogens with zero attached hydrogens (tertiary/aromatic N) is 2. The molecule has 8 heteroatoms. The summed E-state index contributed by atoms with van der Waals surface area (Å²) in [5.74, 6) is -0.0790. The van der Waals surface area contributed by atoms with Crippen molar-refractivity contribution in [3.8, 4) is 10.6 Å². The number of carbonyl (C=O) groups excluding carboxylic acids is 1. The van der Waals surface area contributed by atoms with Gasteiger partial charge in [-0.3, -0.25) is 4.79 Å². The number of rotatable bonds is 6. The molecule has 2 heterocycles. The van der Waals surface area contributed by atoms with Crippen LogP contribution in [0.4, 0.5) is 0 Å². The molecular weight excluding hydrogens is 382 g/mol. The van der Waals surface area contributed by atoms with Gasteiger partial charge in [0.25, 0.3) is 5.91 Å². The van der Waals surface area contributed by atoms with Crippen molar-refractivity contribution in [2.45, 2.75) is 39.2 Å². The predicted octanol–water partition coefficient (Wildman–Crippen LogP) is 2.92. The molecule has 27 heavy (non-hydrogen) atoms. The highest BCUT2D eigenvalue weighted by Crippen LogP contribution is 2.24. The Morgan fingerprint density at radius 2 is 1.89 bits per heavy atom. The summed E-state index contributed by atoms with van der Waals surface area (Å²) in [5, 5.41) is 5.59. The minimum Gasteiger partial charge on any atom is -0.348 e. The van der Waals surface area contributed by atoms with Gasteiger partial charge in [-0.1, -0.05) is 31.2 Å². The van der Waals surface area contributed by atoms with Crippen LogP contribution in [0.1, 0.15) is 42.7 Å². The summed E-state index contributed by atoms with van der Waals surface area (Å²) in [4.78, 5) is 17.0. The minimum absolute atomic E-state index is 0.0187. The fourth-order valence-electron chi connectivity index (χ4n) is 3.11. The molecule has 6 nitrogen and oxygen atoms in total. The average molecular weight is 408 g/mol. The Hall–Kier alpha value is -1.77. The van der Waals surface area contributed by atoms with Gasteiger partial charge in [0, 0.05) is 30.1 Å². The maximum atomic E-state index is 12.5. The minimum atomic E-state index is -3.15. The van der Waals surface area contributed by atoms with Gasteiger partial charge in [0.1, 0.15) is 10.7 Å². The van der Waals surface area contributed by atoms with Gasteiger partial charge in [-0.25, -0.2) is 17.7 Å². The van der Waals surface area contributed by atoms with E-state index in [9.17, 15) is 13.2 Å². The van der Waals surface area contributed by atoms with Crippen LogP contribution < -0.4 is 5.32 Å². The third-order valence-corrected chi connectivity index (χ3v) is 7.67. The Morgan fingerprint density at radius 3 is 2.48 bits per heavy atom. The van der Waals surface area contributed by atoms with E-state index < -0.39 is 10.0 Å². The molecule has 2 aromatic rings. The average Bonchev–Trinajstić information content (AvgIpc) is 3.19. The van der Waals surface area contributed by atoms with Crippen LogP contribution in [-0.4, -0.2) is 48.5 Å². The smallest absolute Gasteiger partial charge is 0.270 e. The van der Waals surface area contributed by atoms with E-state index in [1.165, 1.54) is 21.2 Å². The number of hydrogen-bond donors (Lipinski definition) is 1. The van der Waals surface area contributed by atoms with Crippen LogP contribution in [0.5, 0.6) is 0 Å². The second-order valence-electron chi connectivity index (χ2n) is 6.64. The number of piperidine rings is 1. The molecule has 146 valence electrons. The largest absolute Gasteiger partial charge is 0.348 e. The second kappa shape index (κ2) is 8.50. The topological polar surface area (TPSA) is 79.4 Å². The Labute approximate surface area is 164 Å². The molecule has 0 bridgehead atoms. The molecule has 1 saturated heterocycles. The van der Waals surface area contributed by atoms with Crippen LogP contribution in [0.2, 0.25) is 0 Å². The fourth-order valence-corrected chi connectivity index (χ4v) is 5.05. The Bertz CT molecular complexity index is 883. The molecule has 3 rings (SSSR count). The number of sulfonamides is 1. The number of carbonyl (C=O) groups is 1. The molecule has 1 aliphatic rings. The lowest BCUT2D eigenvalue weighted by molar-refractivity contribution is 0.0919. The molecule has 0 radical (unpaired) electrons. The van der Waals surface area contributed by atoms with Gasteiger partial charge in [0.2, 0.25) is 10.0 Å². The third-order valence-electron chi connectivity index (χ3n) is 4.89. The molecule has 0 saturated carbocycles. The maximum Gasteiger partial charge on any atom is 0.270 e. The van der Waals surface area contributed by atoms with Crippen LogP contribution in [-0.2, 0) is 16.4 Å².